The molecule has 0 spiro atoms. The van der Waals surface area contributed by atoms with E-state index in [1.807, 2.05) is 54.3 Å². The van der Waals surface area contributed by atoms with Crippen molar-refractivity contribution in [2.24, 2.45) is 0 Å². The number of unbranched alkanes of at least 4 members (excludes halogenated alkanes) is 3. The molecule has 318 valence electrons. The van der Waals surface area contributed by atoms with Gasteiger partial charge >= 0.3 is 12.1 Å². The minimum atomic E-state index is -0.765. The summed E-state index contributed by atoms with van der Waals surface area (Å²) in [5.41, 5.74) is 4.21. The molecule has 0 radical (unpaired) electrons. The predicted molar refractivity (Wildman–Crippen MR) is 231 cm³/mol. The van der Waals surface area contributed by atoms with Gasteiger partial charge in [0.2, 0.25) is 5.91 Å². The van der Waals surface area contributed by atoms with Crippen molar-refractivity contribution in [2.45, 2.75) is 96.4 Å². The number of hydrogen-bond acceptors (Lipinski definition) is 8. The molecule has 0 aliphatic carbocycles. The first-order valence-electron chi connectivity index (χ1n) is 21.8. The molecule has 0 bridgehead atoms. The van der Waals surface area contributed by atoms with Gasteiger partial charge in [-0.1, -0.05) is 50.5 Å². The second-order valence-corrected chi connectivity index (χ2v) is 17.0. The topological polar surface area (TPSA) is 139 Å². The van der Waals surface area contributed by atoms with E-state index in [1.54, 1.807) is 27.7 Å². The van der Waals surface area contributed by atoms with E-state index in [-0.39, 0.29) is 36.2 Å². The Kier molecular flexibility index (Phi) is 13.9. The summed E-state index contributed by atoms with van der Waals surface area (Å²) in [4.78, 5) is 67.5. The maximum Gasteiger partial charge on any atom is 0.411 e. The number of H-pyrrole nitrogens is 1. The van der Waals surface area contributed by atoms with Crippen LogP contribution in [0, 0.1) is 6.92 Å². The summed E-state index contributed by atoms with van der Waals surface area (Å²) >= 11 is 0. The van der Waals surface area contributed by atoms with Crippen LogP contribution in [0.4, 0.5) is 9.59 Å². The van der Waals surface area contributed by atoms with Crippen LogP contribution < -0.4 is 10.9 Å². The van der Waals surface area contributed by atoms with Gasteiger partial charge in [0.25, 0.3) is 5.56 Å². The lowest BCUT2D eigenvalue weighted by Gasteiger charge is -2.43. The number of ether oxygens (including phenoxy) is 1. The molecule has 2 aromatic carbocycles. The van der Waals surface area contributed by atoms with Gasteiger partial charge in [-0.3, -0.25) is 14.5 Å². The lowest BCUT2D eigenvalue weighted by Crippen LogP contribution is -2.59. The van der Waals surface area contributed by atoms with Gasteiger partial charge in [0.15, 0.2) is 6.73 Å². The largest absolute Gasteiger partial charge is 0.426 e. The van der Waals surface area contributed by atoms with E-state index in [0.717, 1.165) is 103 Å². The van der Waals surface area contributed by atoms with Crippen LogP contribution in [-0.4, -0.2) is 142 Å². The second-order valence-electron chi connectivity index (χ2n) is 17.0. The molecular weight excluding hydrogens is 747 g/mol. The molecule has 3 fully saturated rings. The molecule has 4 amide bonds. The van der Waals surface area contributed by atoms with Crippen LogP contribution in [0.15, 0.2) is 53.5 Å². The highest BCUT2D eigenvalue weighted by molar-refractivity contribution is 5.88. The van der Waals surface area contributed by atoms with E-state index in [2.05, 4.69) is 39.2 Å². The summed E-state index contributed by atoms with van der Waals surface area (Å²) in [6, 6.07) is 13.3. The van der Waals surface area contributed by atoms with Gasteiger partial charge in [-0.15, -0.1) is 0 Å². The van der Waals surface area contributed by atoms with Crippen molar-refractivity contribution >= 4 is 39.8 Å². The molecule has 2 aromatic heterocycles. The third-order valence-corrected chi connectivity index (χ3v) is 12.8. The number of amides is 4. The standard InChI is InChI=1S/C45H63N9O5/c1-5-6-7-10-17-50(4)45(58)59-31-54-41-32(2)26-33(27-36(41)30-46-54)28-40(43(56)52-24-22-51(23-25-52)37-15-18-49(3)19-16-37)48-44(57)53-20-13-34(14-21-53)38-29-35-11-8-9-12-39(35)47-42(38)55/h8-9,11-12,26-27,29-30,34,37,40H,5-7,10,13-25,28,31H2,1-4H3,(H,47,55)(H,48,57)/t40-/m1/s1. The summed E-state index contributed by atoms with van der Waals surface area (Å²) in [5, 5.41) is 9.59. The molecule has 3 saturated heterocycles. The number of likely N-dealkylation sites (tertiary alicyclic amines) is 2. The monoisotopic (exact) mass is 809 g/mol. The summed E-state index contributed by atoms with van der Waals surface area (Å²) < 4.78 is 7.33. The van der Waals surface area contributed by atoms with Crippen LogP contribution >= 0.6 is 0 Å². The summed E-state index contributed by atoms with van der Waals surface area (Å²) in [7, 11) is 3.93. The molecule has 1 atom stereocenters. The van der Waals surface area contributed by atoms with Crippen molar-refractivity contribution in [3.63, 3.8) is 0 Å². The zero-order valence-electron chi connectivity index (χ0n) is 35.5. The average molecular weight is 810 g/mol. The van der Waals surface area contributed by atoms with Crippen molar-refractivity contribution in [1.82, 2.24) is 44.6 Å². The van der Waals surface area contributed by atoms with Gasteiger partial charge in [0.05, 0.1) is 11.7 Å². The molecular formula is C45H63N9O5. The van der Waals surface area contributed by atoms with Crippen molar-refractivity contribution in [3.8, 4) is 0 Å². The third-order valence-electron chi connectivity index (χ3n) is 12.8. The molecule has 3 aliphatic heterocycles. The number of rotatable bonds is 13. The van der Waals surface area contributed by atoms with Gasteiger partial charge in [-0.2, -0.15) is 5.10 Å². The Morgan fingerprint density at radius 2 is 1.66 bits per heavy atom. The number of nitrogens with zero attached hydrogens (tertiary/aromatic N) is 7. The van der Waals surface area contributed by atoms with E-state index < -0.39 is 6.04 Å². The minimum absolute atomic E-state index is 0.00549. The summed E-state index contributed by atoms with van der Waals surface area (Å²) in [6.45, 7) is 10.9. The maximum absolute atomic E-state index is 14.4. The molecule has 2 N–H and O–H groups in total. The number of aryl methyl sites for hydroxylation is 1. The van der Waals surface area contributed by atoms with Crippen LogP contribution in [0.2, 0.25) is 0 Å². The number of urea groups is 1. The zero-order valence-corrected chi connectivity index (χ0v) is 35.5. The molecule has 59 heavy (non-hydrogen) atoms. The number of carbonyl (C=O) groups is 3. The first-order chi connectivity index (χ1) is 28.6. The number of fused-ring (bicyclic) bond motifs is 2. The third kappa shape index (κ3) is 10.3. The maximum atomic E-state index is 14.4. The first kappa shape index (κ1) is 42.2. The molecule has 7 rings (SSSR count). The van der Waals surface area contributed by atoms with Crippen molar-refractivity contribution in [1.29, 1.82) is 0 Å². The first-order valence-corrected chi connectivity index (χ1v) is 21.8. The summed E-state index contributed by atoms with van der Waals surface area (Å²) in [5.74, 6) is -0.0283. The van der Waals surface area contributed by atoms with Crippen LogP contribution in [-0.2, 0) is 22.7 Å². The van der Waals surface area contributed by atoms with Crippen molar-refractivity contribution in [3.05, 3.63) is 75.7 Å². The molecule has 4 aromatic rings. The predicted octanol–water partition coefficient (Wildman–Crippen LogP) is 5.53. The Hall–Kier alpha value is -4.95. The molecule has 14 nitrogen and oxygen atoms in total. The van der Waals surface area contributed by atoms with Crippen LogP contribution in [0.25, 0.3) is 21.8 Å². The molecule has 0 saturated carbocycles. The molecule has 3 aliphatic rings. The molecule has 0 unspecified atom stereocenters. The highest BCUT2D eigenvalue weighted by Gasteiger charge is 2.34. The van der Waals surface area contributed by atoms with Gasteiger partial charge < -0.3 is 34.6 Å². The number of piperidine rings is 2. The number of benzene rings is 2. The smallest absolute Gasteiger partial charge is 0.411 e. The zero-order chi connectivity index (χ0) is 41.5. The van der Waals surface area contributed by atoms with E-state index >= 15 is 0 Å². The Balaban J connectivity index is 1.02. The quantitative estimate of drug-likeness (QED) is 0.168. The minimum Gasteiger partial charge on any atom is -0.426 e. The number of aromatic amines is 1. The number of aromatic nitrogens is 3. The van der Waals surface area contributed by atoms with Crippen LogP contribution in [0.5, 0.6) is 0 Å². The summed E-state index contributed by atoms with van der Waals surface area (Å²) in [6.07, 6.45) is 9.63. The fourth-order valence-electron chi connectivity index (χ4n) is 9.26. The van der Waals surface area contributed by atoms with E-state index in [9.17, 15) is 19.2 Å². The lowest BCUT2D eigenvalue weighted by molar-refractivity contribution is -0.135. The molecule has 14 heteroatoms. The van der Waals surface area contributed by atoms with Crippen molar-refractivity contribution in [2.75, 3.05) is 73.0 Å². The number of para-hydroxylation sites is 1. The number of piperazine rings is 1. The number of nitrogens with one attached hydrogen (secondary N) is 2. The Morgan fingerprint density at radius 3 is 2.41 bits per heavy atom. The number of hydrogen-bond donors (Lipinski definition) is 2. The Labute approximate surface area is 347 Å². The fourth-order valence-corrected chi connectivity index (χ4v) is 9.26. The SMILES string of the molecule is CCCCCCN(C)C(=O)OCn1ncc2cc(C[C@@H](NC(=O)N3CCC(c4cc5ccccc5[nH]c4=O)CC3)C(=O)N3CCN(C4CCN(C)CC4)CC3)cc(C)c21. The van der Waals surface area contributed by atoms with E-state index in [1.165, 1.54) is 0 Å². The number of carbonyl (C=O) groups excluding carboxylic acids is 3. The van der Waals surface area contributed by atoms with Gasteiger partial charge in [0.1, 0.15) is 6.04 Å². The van der Waals surface area contributed by atoms with Gasteiger partial charge in [0, 0.05) is 81.8 Å². The molecule has 5 heterocycles. The second kappa shape index (κ2) is 19.4. The van der Waals surface area contributed by atoms with Crippen molar-refractivity contribution < 1.29 is 19.1 Å². The van der Waals surface area contributed by atoms with Crippen LogP contribution in [0.1, 0.15) is 80.9 Å². The Bertz CT molecular complexity index is 2130. The highest BCUT2D eigenvalue weighted by atomic mass is 16.6. The van der Waals surface area contributed by atoms with Crippen LogP contribution in [0.3, 0.4) is 0 Å². The van der Waals surface area contributed by atoms with Gasteiger partial charge in [-0.05, 0) is 99.8 Å². The lowest BCUT2D eigenvalue weighted by atomic mass is 9.89. The van der Waals surface area contributed by atoms with Gasteiger partial charge in [-0.25, -0.2) is 14.3 Å². The average Bonchev–Trinajstić information content (AvgIpc) is 3.67. The number of pyridine rings is 1. The van der Waals surface area contributed by atoms with E-state index in [4.69, 9.17) is 4.74 Å². The Morgan fingerprint density at radius 1 is 0.915 bits per heavy atom. The highest BCUT2D eigenvalue weighted by Crippen LogP contribution is 2.28. The normalized spacial score (nSPS) is 18.0. The fraction of sp³-hybridized carbons (Fsp3) is 0.578. The van der Waals surface area contributed by atoms with E-state index in [0.29, 0.717) is 58.0 Å².